The molecule has 0 atom stereocenters. The number of carboxylic acid groups (broad SMARTS) is 1. The predicted molar refractivity (Wildman–Crippen MR) is 73.1 cm³/mol. The molecule has 0 spiro atoms. The van der Waals surface area contributed by atoms with E-state index in [0.29, 0.717) is 19.0 Å². The number of thiophene rings is 1. The lowest BCUT2D eigenvalue weighted by Crippen LogP contribution is -2.44. The number of hydrogen-bond acceptors (Lipinski definition) is 3. The van der Waals surface area contributed by atoms with Crippen LogP contribution in [0.1, 0.15) is 17.7 Å². The highest BCUT2D eigenvalue weighted by atomic mass is 32.1. The van der Waals surface area contributed by atoms with Gasteiger partial charge < -0.3 is 14.9 Å². The van der Waals surface area contributed by atoms with Crippen molar-refractivity contribution in [1.82, 2.24) is 9.80 Å². The van der Waals surface area contributed by atoms with E-state index in [1.54, 1.807) is 23.3 Å². The number of hydrogen-bond donors (Lipinski definition) is 1. The Labute approximate surface area is 116 Å². The number of carbonyl (C=O) groups excluding carboxylic acids is 1. The lowest BCUT2D eigenvalue weighted by atomic mass is 10.3. The van der Waals surface area contributed by atoms with E-state index in [1.165, 1.54) is 4.90 Å². The van der Waals surface area contributed by atoms with Gasteiger partial charge in [0.1, 0.15) is 6.54 Å². The zero-order chi connectivity index (χ0) is 13.8. The molecule has 6 heteroatoms. The van der Waals surface area contributed by atoms with Crippen LogP contribution in [0.5, 0.6) is 0 Å². The van der Waals surface area contributed by atoms with Crippen LogP contribution in [0.4, 0.5) is 4.79 Å². The normalized spacial score (nSPS) is 14.2. The molecule has 104 valence electrons. The van der Waals surface area contributed by atoms with E-state index < -0.39 is 5.97 Å². The van der Waals surface area contributed by atoms with Crippen molar-refractivity contribution < 1.29 is 14.7 Å². The molecular formula is C13H18N2O3S. The molecule has 2 amide bonds. The van der Waals surface area contributed by atoms with E-state index in [1.807, 2.05) is 17.5 Å². The van der Waals surface area contributed by atoms with Gasteiger partial charge in [0.25, 0.3) is 0 Å². The maximum absolute atomic E-state index is 12.3. The summed E-state index contributed by atoms with van der Waals surface area (Å²) in [6.45, 7) is 0.862. The van der Waals surface area contributed by atoms with Gasteiger partial charge in [0, 0.05) is 18.5 Å². The van der Waals surface area contributed by atoms with E-state index in [2.05, 4.69) is 0 Å². The number of carboxylic acids is 1. The zero-order valence-corrected chi connectivity index (χ0v) is 11.7. The molecule has 0 radical (unpaired) electrons. The van der Waals surface area contributed by atoms with Gasteiger partial charge in [-0.15, -0.1) is 11.3 Å². The topological polar surface area (TPSA) is 60.9 Å². The van der Waals surface area contributed by atoms with Gasteiger partial charge in [0.15, 0.2) is 0 Å². The third kappa shape index (κ3) is 4.24. The minimum Gasteiger partial charge on any atom is -0.480 e. The molecule has 1 N–H and O–H groups in total. The average molecular weight is 282 g/mol. The Balaban J connectivity index is 1.94. The van der Waals surface area contributed by atoms with Crippen molar-refractivity contribution in [2.24, 2.45) is 5.92 Å². The largest absolute Gasteiger partial charge is 0.480 e. The van der Waals surface area contributed by atoms with Crippen molar-refractivity contribution in [1.29, 1.82) is 0 Å². The first kappa shape index (κ1) is 13.9. The smallest absolute Gasteiger partial charge is 0.323 e. The molecule has 19 heavy (non-hydrogen) atoms. The summed E-state index contributed by atoms with van der Waals surface area (Å²) in [5.41, 5.74) is 0. The Morgan fingerprint density at radius 1 is 1.47 bits per heavy atom. The highest BCUT2D eigenvalue weighted by Crippen LogP contribution is 2.30. The van der Waals surface area contributed by atoms with Crippen molar-refractivity contribution in [2.45, 2.75) is 19.4 Å². The van der Waals surface area contributed by atoms with Gasteiger partial charge in [0.05, 0.1) is 6.54 Å². The third-order valence-electron chi connectivity index (χ3n) is 3.07. The maximum Gasteiger partial charge on any atom is 0.323 e. The molecule has 1 aromatic rings. The molecule has 1 aliphatic carbocycles. The van der Waals surface area contributed by atoms with Crippen LogP contribution < -0.4 is 0 Å². The van der Waals surface area contributed by atoms with Crippen LogP contribution in [-0.4, -0.2) is 47.0 Å². The highest BCUT2D eigenvalue weighted by Gasteiger charge is 2.29. The summed E-state index contributed by atoms with van der Waals surface area (Å²) in [4.78, 5) is 27.2. The van der Waals surface area contributed by atoms with Gasteiger partial charge in [0.2, 0.25) is 0 Å². The summed E-state index contributed by atoms with van der Waals surface area (Å²) in [7, 11) is 1.71. The Morgan fingerprint density at radius 3 is 2.74 bits per heavy atom. The summed E-state index contributed by atoms with van der Waals surface area (Å²) < 4.78 is 0. The van der Waals surface area contributed by atoms with Gasteiger partial charge in [-0.05, 0) is 30.2 Å². The monoisotopic (exact) mass is 282 g/mol. The van der Waals surface area contributed by atoms with E-state index in [-0.39, 0.29) is 12.6 Å². The first-order valence-corrected chi connectivity index (χ1v) is 7.18. The van der Waals surface area contributed by atoms with Gasteiger partial charge in [-0.1, -0.05) is 6.07 Å². The van der Waals surface area contributed by atoms with Crippen molar-refractivity contribution >= 4 is 23.3 Å². The molecule has 1 fully saturated rings. The summed E-state index contributed by atoms with van der Waals surface area (Å²) >= 11 is 1.59. The number of carbonyl (C=O) groups is 2. The Hall–Kier alpha value is -1.56. The molecular weight excluding hydrogens is 264 g/mol. The Bertz CT molecular complexity index is 443. The van der Waals surface area contributed by atoms with Crippen LogP contribution in [0.25, 0.3) is 0 Å². The number of amides is 2. The lowest BCUT2D eigenvalue weighted by Gasteiger charge is -2.26. The Morgan fingerprint density at radius 2 is 2.21 bits per heavy atom. The zero-order valence-electron chi connectivity index (χ0n) is 10.9. The second kappa shape index (κ2) is 6.06. The maximum atomic E-state index is 12.3. The van der Waals surface area contributed by atoms with Crippen molar-refractivity contribution in [3.8, 4) is 0 Å². The van der Waals surface area contributed by atoms with Gasteiger partial charge in [-0.25, -0.2) is 4.79 Å². The molecule has 1 heterocycles. The van der Waals surface area contributed by atoms with Gasteiger partial charge in [-0.2, -0.15) is 0 Å². The summed E-state index contributed by atoms with van der Waals surface area (Å²) in [6, 6.07) is 3.71. The molecule has 0 aliphatic heterocycles. The fourth-order valence-electron chi connectivity index (χ4n) is 1.93. The SMILES string of the molecule is CN(Cc1cccs1)C(=O)N(CC(=O)O)CC1CC1. The second-order valence-corrected chi connectivity index (χ2v) is 5.97. The molecule has 2 rings (SSSR count). The van der Waals surface area contributed by atoms with Crippen LogP contribution in [0.2, 0.25) is 0 Å². The van der Waals surface area contributed by atoms with Crippen LogP contribution >= 0.6 is 11.3 Å². The van der Waals surface area contributed by atoms with Crippen LogP contribution in [-0.2, 0) is 11.3 Å². The van der Waals surface area contributed by atoms with E-state index in [9.17, 15) is 9.59 Å². The van der Waals surface area contributed by atoms with E-state index in [0.717, 1.165) is 17.7 Å². The van der Waals surface area contributed by atoms with E-state index in [4.69, 9.17) is 5.11 Å². The van der Waals surface area contributed by atoms with Crippen molar-refractivity contribution in [2.75, 3.05) is 20.1 Å². The average Bonchev–Trinajstić information content (AvgIpc) is 3.02. The first-order chi connectivity index (χ1) is 9.06. The molecule has 0 bridgehead atoms. The fourth-order valence-corrected chi connectivity index (χ4v) is 2.69. The van der Waals surface area contributed by atoms with Crippen LogP contribution in [0.15, 0.2) is 17.5 Å². The first-order valence-electron chi connectivity index (χ1n) is 6.30. The number of aliphatic carboxylic acids is 1. The fraction of sp³-hybridized carbons (Fsp3) is 0.538. The molecule has 5 nitrogen and oxygen atoms in total. The van der Waals surface area contributed by atoms with E-state index >= 15 is 0 Å². The minimum absolute atomic E-state index is 0.206. The summed E-state index contributed by atoms with van der Waals surface area (Å²) in [5.74, 6) is -0.475. The van der Waals surface area contributed by atoms with Gasteiger partial charge in [-0.3, -0.25) is 4.79 Å². The van der Waals surface area contributed by atoms with Crippen LogP contribution in [0.3, 0.4) is 0 Å². The number of urea groups is 1. The number of nitrogens with zero attached hydrogens (tertiary/aromatic N) is 2. The second-order valence-electron chi connectivity index (χ2n) is 4.94. The standard InChI is InChI=1S/C13H18N2O3S/c1-14(8-11-3-2-6-19-11)13(18)15(9-12(16)17)7-10-4-5-10/h2-3,6,10H,4-5,7-9H2,1H3,(H,16,17). The van der Waals surface area contributed by atoms with Crippen LogP contribution in [0, 0.1) is 5.92 Å². The molecule has 0 aromatic carbocycles. The quantitative estimate of drug-likeness (QED) is 0.869. The highest BCUT2D eigenvalue weighted by molar-refractivity contribution is 7.09. The molecule has 1 saturated carbocycles. The third-order valence-corrected chi connectivity index (χ3v) is 3.93. The van der Waals surface area contributed by atoms with Crippen molar-refractivity contribution in [3.05, 3.63) is 22.4 Å². The predicted octanol–water partition coefficient (Wildman–Crippen LogP) is 2.10. The molecule has 1 aromatic heterocycles. The Kier molecular flexibility index (Phi) is 4.42. The van der Waals surface area contributed by atoms with Gasteiger partial charge >= 0.3 is 12.0 Å². The number of rotatable bonds is 6. The minimum atomic E-state index is -0.960. The summed E-state index contributed by atoms with van der Waals surface area (Å²) in [6.07, 6.45) is 2.19. The molecule has 0 unspecified atom stereocenters. The van der Waals surface area contributed by atoms with Crippen molar-refractivity contribution in [3.63, 3.8) is 0 Å². The molecule has 0 saturated heterocycles. The lowest BCUT2D eigenvalue weighted by molar-refractivity contribution is -0.137. The molecule has 1 aliphatic rings. The summed E-state index contributed by atoms with van der Waals surface area (Å²) in [5, 5.41) is 10.9.